The first-order valence-corrected chi connectivity index (χ1v) is 8.04. The maximum Gasteiger partial charge on any atom is 0.301 e. The number of nitrogens with one attached hydrogen (secondary N) is 1. The molecule has 1 saturated heterocycles. The lowest BCUT2D eigenvalue weighted by molar-refractivity contribution is 0.482. The van der Waals surface area contributed by atoms with Crippen molar-refractivity contribution in [2.24, 2.45) is 5.73 Å². The molecule has 1 aliphatic rings. The summed E-state index contributed by atoms with van der Waals surface area (Å²) in [4.78, 5) is 0. The van der Waals surface area contributed by atoms with E-state index in [1.54, 1.807) is 12.1 Å². The predicted molar refractivity (Wildman–Crippen MR) is 80.5 cm³/mol. The molecule has 3 N–H and O–H groups in total. The average Bonchev–Trinajstić information content (AvgIpc) is 2.92. The van der Waals surface area contributed by atoms with Crippen LogP contribution in [0.2, 0.25) is 0 Å². The first kappa shape index (κ1) is 14.9. The van der Waals surface area contributed by atoms with Crippen LogP contribution in [-0.4, -0.2) is 32.4 Å². The fourth-order valence-electron chi connectivity index (χ4n) is 2.13. The molecule has 1 heterocycles. The van der Waals surface area contributed by atoms with Crippen molar-refractivity contribution >= 4 is 15.9 Å². The first-order valence-electron chi connectivity index (χ1n) is 6.60. The Morgan fingerprint density at radius 3 is 2.70 bits per heavy atom. The molecular weight excluding hydrogens is 274 g/mol. The van der Waals surface area contributed by atoms with Crippen molar-refractivity contribution in [3.05, 3.63) is 29.3 Å². The molecule has 0 saturated carbocycles. The molecule has 108 valence electrons. The van der Waals surface area contributed by atoms with Crippen LogP contribution in [0.15, 0.2) is 18.2 Å². The van der Waals surface area contributed by atoms with Crippen molar-refractivity contribution in [2.75, 3.05) is 24.4 Å². The second-order valence-corrected chi connectivity index (χ2v) is 6.44. The molecule has 1 fully saturated rings. The lowest BCUT2D eigenvalue weighted by atomic mass is 10.1. The topological polar surface area (TPSA) is 75.4 Å². The van der Waals surface area contributed by atoms with Crippen molar-refractivity contribution in [2.45, 2.75) is 19.8 Å². The normalized spacial score (nSPS) is 15.7. The van der Waals surface area contributed by atoms with Gasteiger partial charge < -0.3 is 5.73 Å². The predicted octanol–water partition coefficient (Wildman–Crippen LogP) is 1.06. The molecular formula is C14H19N3O2S. The molecule has 1 aliphatic heterocycles. The molecule has 0 aliphatic carbocycles. The SMILES string of the molecule is Cc1ccc(C#CCN)c(NS(=O)(=O)N2CCCC2)c1. The summed E-state index contributed by atoms with van der Waals surface area (Å²) >= 11 is 0. The van der Waals surface area contributed by atoms with E-state index < -0.39 is 10.2 Å². The molecule has 1 aromatic rings. The van der Waals surface area contributed by atoms with Gasteiger partial charge in [0.1, 0.15) is 0 Å². The quantitative estimate of drug-likeness (QED) is 0.818. The van der Waals surface area contributed by atoms with Crippen LogP contribution in [0.5, 0.6) is 0 Å². The van der Waals surface area contributed by atoms with E-state index in [1.807, 2.05) is 13.0 Å². The number of aryl methyl sites for hydroxylation is 1. The highest BCUT2D eigenvalue weighted by molar-refractivity contribution is 7.90. The minimum Gasteiger partial charge on any atom is -0.320 e. The second kappa shape index (κ2) is 6.27. The summed E-state index contributed by atoms with van der Waals surface area (Å²) in [5.74, 6) is 5.64. The van der Waals surface area contributed by atoms with Gasteiger partial charge in [-0.2, -0.15) is 12.7 Å². The van der Waals surface area contributed by atoms with Crippen LogP contribution in [0.3, 0.4) is 0 Å². The van der Waals surface area contributed by atoms with Crippen LogP contribution in [-0.2, 0) is 10.2 Å². The maximum atomic E-state index is 12.3. The van der Waals surface area contributed by atoms with E-state index in [2.05, 4.69) is 16.6 Å². The smallest absolute Gasteiger partial charge is 0.301 e. The maximum absolute atomic E-state index is 12.3. The summed E-state index contributed by atoms with van der Waals surface area (Å²) in [6, 6.07) is 5.49. The molecule has 5 nitrogen and oxygen atoms in total. The minimum atomic E-state index is -3.49. The summed E-state index contributed by atoms with van der Waals surface area (Å²) < 4.78 is 28.7. The largest absolute Gasteiger partial charge is 0.320 e. The van der Waals surface area contributed by atoms with Gasteiger partial charge in [-0.15, -0.1) is 0 Å². The van der Waals surface area contributed by atoms with Crippen LogP contribution in [0.25, 0.3) is 0 Å². The van der Waals surface area contributed by atoms with Crippen LogP contribution < -0.4 is 10.5 Å². The Bertz CT molecular complexity index is 638. The molecule has 0 amide bonds. The Hall–Kier alpha value is -1.55. The summed E-state index contributed by atoms with van der Waals surface area (Å²) in [5, 5.41) is 0. The fraction of sp³-hybridized carbons (Fsp3) is 0.429. The number of nitrogens with zero attached hydrogens (tertiary/aromatic N) is 1. The van der Waals surface area contributed by atoms with Gasteiger partial charge in [0.15, 0.2) is 0 Å². The molecule has 0 spiro atoms. The number of hydrogen-bond donors (Lipinski definition) is 2. The molecule has 0 unspecified atom stereocenters. The van der Waals surface area contributed by atoms with Gasteiger partial charge in [0.05, 0.1) is 12.2 Å². The van der Waals surface area contributed by atoms with Gasteiger partial charge in [0, 0.05) is 18.7 Å². The number of benzene rings is 1. The second-order valence-electron chi connectivity index (χ2n) is 4.77. The third-order valence-electron chi connectivity index (χ3n) is 3.14. The highest BCUT2D eigenvalue weighted by Gasteiger charge is 2.25. The first-order chi connectivity index (χ1) is 9.53. The van der Waals surface area contributed by atoms with Crippen molar-refractivity contribution in [3.63, 3.8) is 0 Å². The lowest BCUT2D eigenvalue weighted by Crippen LogP contribution is -2.33. The van der Waals surface area contributed by atoms with Crippen LogP contribution >= 0.6 is 0 Å². The Morgan fingerprint density at radius 1 is 1.35 bits per heavy atom. The third kappa shape index (κ3) is 3.51. The van der Waals surface area contributed by atoms with Crippen LogP contribution in [0.4, 0.5) is 5.69 Å². The van der Waals surface area contributed by atoms with Gasteiger partial charge in [-0.05, 0) is 37.5 Å². The van der Waals surface area contributed by atoms with E-state index in [9.17, 15) is 8.42 Å². The summed E-state index contributed by atoms with van der Waals surface area (Å²) in [6.07, 6.45) is 1.82. The van der Waals surface area contributed by atoms with E-state index >= 15 is 0 Å². The van der Waals surface area contributed by atoms with Gasteiger partial charge in [0.2, 0.25) is 0 Å². The monoisotopic (exact) mass is 293 g/mol. The standard InChI is InChI=1S/C14H19N3O2S/c1-12-6-7-13(5-4-8-15)14(11-12)16-20(18,19)17-9-2-3-10-17/h6-7,11,16H,2-3,8-10,15H2,1H3. The zero-order chi connectivity index (χ0) is 14.6. The molecule has 2 rings (SSSR count). The fourth-order valence-corrected chi connectivity index (χ4v) is 3.44. The van der Waals surface area contributed by atoms with Gasteiger partial charge in [-0.25, -0.2) is 0 Å². The molecule has 0 atom stereocenters. The zero-order valence-electron chi connectivity index (χ0n) is 11.5. The summed E-state index contributed by atoms with van der Waals surface area (Å²) in [5.41, 5.74) is 7.49. The highest BCUT2D eigenvalue weighted by atomic mass is 32.2. The number of nitrogens with two attached hydrogens (primary N) is 1. The zero-order valence-corrected chi connectivity index (χ0v) is 12.3. The molecule has 6 heteroatoms. The van der Waals surface area contributed by atoms with E-state index in [0.717, 1.165) is 18.4 Å². The molecule has 1 aromatic carbocycles. The van der Waals surface area contributed by atoms with E-state index in [0.29, 0.717) is 24.3 Å². The Balaban J connectivity index is 2.29. The molecule has 0 bridgehead atoms. The number of anilines is 1. The summed E-state index contributed by atoms with van der Waals surface area (Å²) in [6.45, 7) is 3.30. The van der Waals surface area contributed by atoms with Crippen molar-refractivity contribution in [1.82, 2.24) is 4.31 Å². The van der Waals surface area contributed by atoms with Crippen LogP contribution in [0, 0.1) is 18.8 Å². The number of hydrogen-bond acceptors (Lipinski definition) is 3. The highest BCUT2D eigenvalue weighted by Crippen LogP contribution is 2.21. The van der Waals surface area contributed by atoms with Crippen molar-refractivity contribution in [3.8, 4) is 11.8 Å². The average molecular weight is 293 g/mol. The van der Waals surface area contributed by atoms with Crippen LogP contribution in [0.1, 0.15) is 24.0 Å². The van der Waals surface area contributed by atoms with Gasteiger partial charge in [-0.3, -0.25) is 4.72 Å². The lowest BCUT2D eigenvalue weighted by Gasteiger charge is -2.18. The molecule has 20 heavy (non-hydrogen) atoms. The number of rotatable bonds is 3. The summed E-state index contributed by atoms with van der Waals surface area (Å²) in [7, 11) is -3.49. The van der Waals surface area contributed by atoms with E-state index in [4.69, 9.17) is 5.73 Å². The Kier molecular flexibility index (Phi) is 4.65. The molecule has 0 aromatic heterocycles. The Morgan fingerprint density at radius 2 is 2.05 bits per heavy atom. The van der Waals surface area contributed by atoms with Crippen molar-refractivity contribution in [1.29, 1.82) is 0 Å². The Labute approximate surface area is 120 Å². The van der Waals surface area contributed by atoms with E-state index in [-0.39, 0.29) is 6.54 Å². The van der Waals surface area contributed by atoms with Gasteiger partial charge in [-0.1, -0.05) is 17.9 Å². The minimum absolute atomic E-state index is 0.242. The van der Waals surface area contributed by atoms with Gasteiger partial charge >= 0.3 is 10.2 Å². The third-order valence-corrected chi connectivity index (χ3v) is 4.67. The van der Waals surface area contributed by atoms with Gasteiger partial charge in [0.25, 0.3) is 0 Å². The molecule has 0 radical (unpaired) electrons. The van der Waals surface area contributed by atoms with Crippen molar-refractivity contribution < 1.29 is 8.42 Å². The van der Waals surface area contributed by atoms with E-state index in [1.165, 1.54) is 4.31 Å².